The summed E-state index contributed by atoms with van der Waals surface area (Å²) in [5, 5.41) is 3.76. The number of fused-ring (bicyclic) bond motifs is 1. The minimum atomic E-state index is -0.256. The van der Waals surface area contributed by atoms with E-state index in [1.54, 1.807) is 22.7 Å². The number of amides is 1. The highest BCUT2D eigenvalue weighted by atomic mass is 16.3. The molecule has 6 nitrogen and oxygen atoms in total. The number of nitrogens with one attached hydrogen (secondary N) is 1. The van der Waals surface area contributed by atoms with E-state index < -0.39 is 0 Å². The smallest absolute Gasteiger partial charge is 0.295 e. The number of benzene rings is 2. The van der Waals surface area contributed by atoms with Crippen LogP contribution in [-0.2, 0) is 18.3 Å². The lowest BCUT2D eigenvalue weighted by Crippen LogP contribution is -2.23. The van der Waals surface area contributed by atoms with Crippen molar-refractivity contribution >= 4 is 22.6 Å². The summed E-state index contributed by atoms with van der Waals surface area (Å²) in [6, 6.07) is 13.4. The van der Waals surface area contributed by atoms with E-state index in [4.69, 9.17) is 4.42 Å². The molecular weight excluding hydrogens is 366 g/mol. The number of furan rings is 1. The summed E-state index contributed by atoms with van der Waals surface area (Å²) >= 11 is 0. The quantitative estimate of drug-likeness (QED) is 0.573. The maximum atomic E-state index is 13.0. The van der Waals surface area contributed by atoms with Crippen LogP contribution in [0.2, 0.25) is 0 Å². The fraction of sp³-hybridized carbons (Fsp3) is 0.217. The first-order chi connectivity index (χ1) is 13.9. The van der Waals surface area contributed by atoms with Gasteiger partial charge in [-0.25, -0.2) is 4.68 Å². The lowest BCUT2D eigenvalue weighted by Gasteiger charge is -2.07. The normalized spacial score (nSPS) is 11.2. The number of rotatable bonds is 4. The number of nitrogens with zero attached hydrogens (tertiary/aromatic N) is 2. The second-order valence-electron chi connectivity index (χ2n) is 7.38. The van der Waals surface area contributed by atoms with Gasteiger partial charge in [0.1, 0.15) is 11.3 Å². The molecule has 0 spiro atoms. The van der Waals surface area contributed by atoms with Gasteiger partial charge in [0.2, 0.25) is 5.91 Å². The standard InChI is InChI=1S/C23H23N3O3/c1-14-10-15(2)21-17(13-29-19(21)11-14)12-20(27)24-22-16(3)25(4)26(23(22)28)18-8-6-5-7-9-18/h5-11,13H,12H2,1-4H3,(H,24,27). The number of carbonyl (C=O) groups excluding carboxylic acids is 1. The Hall–Kier alpha value is -3.54. The van der Waals surface area contributed by atoms with Crippen LogP contribution in [0.4, 0.5) is 5.69 Å². The molecule has 0 saturated heterocycles. The fourth-order valence-electron chi connectivity index (χ4n) is 3.83. The molecule has 0 saturated carbocycles. The van der Waals surface area contributed by atoms with Crippen molar-refractivity contribution in [2.24, 2.45) is 7.05 Å². The Kier molecular flexibility index (Phi) is 4.62. The second kappa shape index (κ2) is 7.13. The summed E-state index contributed by atoms with van der Waals surface area (Å²) < 4.78 is 8.93. The Morgan fingerprint density at radius 3 is 2.55 bits per heavy atom. The number of aryl methyl sites for hydroxylation is 2. The summed E-state index contributed by atoms with van der Waals surface area (Å²) in [4.78, 5) is 25.7. The van der Waals surface area contributed by atoms with E-state index in [1.165, 1.54) is 0 Å². The van der Waals surface area contributed by atoms with Crippen molar-refractivity contribution in [3.05, 3.63) is 81.5 Å². The molecular formula is C23H23N3O3. The lowest BCUT2D eigenvalue weighted by atomic mass is 10.0. The van der Waals surface area contributed by atoms with Gasteiger partial charge in [-0.05, 0) is 50.1 Å². The van der Waals surface area contributed by atoms with Crippen molar-refractivity contribution in [2.75, 3.05) is 5.32 Å². The Labute approximate surface area is 168 Å². The van der Waals surface area contributed by atoms with E-state index in [-0.39, 0.29) is 17.9 Å². The van der Waals surface area contributed by atoms with Gasteiger partial charge in [0, 0.05) is 18.0 Å². The van der Waals surface area contributed by atoms with Gasteiger partial charge >= 0.3 is 0 Å². The Morgan fingerprint density at radius 1 is 1.10 bits per heavy atom. The molecule has 0 aliphatic heterocycles. The van der Waals surface area contributed by atoms with Crippen LogP contribution >= 0.6 is 0 Å². The number of para-hydroxylation sites is 1. The Morgan fingerprint density at radius 2 is 1.83 bits per heavy atom. The van der Waals surface area contributed by atoms with Crippen molar-refractivity contribution in [3.63, 3.8) is 0 Å². The molecule has 29 heavy (non-hydrogen) atoms. The van der Waals surface area contributed by atoms with Gasteiger partial charge in [-0.2, -0.15) is 0 Å². The highest BCUT2D eigenvalue weighted by Crippen LogP contribution is 2.27. The van der Waals surface area contributed by atoms with Crippen LogP contribution in [0.3, 0.4) is 0 Å². The van der Waals surface area contributed by atoms with E-state index in [2.05, 4.69) is 11.4 Å². The molecule has 0 atom stereocenters. The third-order valence-corrected chi connectivity index (χ3v) is 5.26. The molecule has 4 aromatic rings. The molecule has 0 fully saturated rings. The zero-order valence-corrected chi connectivity index (χ0v) is 16.9. The van der Waals surface area contributed by atoms with E-state index in [1.807, 2.05) is 57.2 Å². The number of aromatic nitrogens is 2. The molecule has 2 heterocycles. The van der Waals surface area contributed by atoms with E-state index >= 15 is 0 Å². The van der Waals surface area contributed by atoms with Crippen molar-refractivity contribution in [2.45, 2.75) is 27.2 Å². The molecule has 6 heteroatoms. The number of anilines is 1. The third kappa shape index (κ3) is 3.27. The first-order valence-corrected chi connectivity index (χ1v) is 9.48. The second-order valence-corrected chi connectivity index (χ2v) is 7.38. The van der Waals surface area contributed by atoms with Gasteiger partial charge in [-0.15, -0.1) is 0 Å². The van der Waals surface area contributed by atoms with E-state index in [0.717, 1.165) is 33.3 Å². The van der Waals surface area contributed by atoms with Gasteiger partial charge in [-0.1, -0.05) is 24.3 Å². The predicted molar refractivity (Wildman–Crippen MR) is 114 cm³/mol. The molecule has 0 aliphatic carbocycles. The average Bonchev–Trinajstić information content (AvgIpc) is 3.17. The van der Waals surface area contributed by atoms with Crippen LogP contribution in [0.25, 0.3) is 16.7 Å². The largest absolute Gasteiger partial charge is 0.464 e. The molecule has 148 valence electrons. The summed E-state index contributed by atoms with van der Waals surface area (Å²) in [6.45, 7) is 5.83. The minimum Gasteiger partial charge on any atom is -0.464 e. The van der Waals surface area contributed by atoms with Crippen molar-refractivity contribution < 1.29 is 9.21 Å². The number of carbonyl (C=O) groups is 1. The van der Waals surface area contributed by atoms with Gasteiger partial charge in [-0.3, -0.25) is 14.3 Å². The SMILES string of the molecule is Cc1cc(C)c2c(CC(=O)Nc3c(C)n(C)n(-c4ccccc4)c3=O)coc2c1. The molecule has 0 unspecified atom stereocenters. The third-order valence-electron chi connectivity index (χ3n) is 5.26. The van der Waals surface area contributed by atoms with Crippen LogP contribution in [0.1, 0.15) is 22.4 Å². The van der Waals surface area contributed by atoms with E-state index in [9.17, 15) is 9.59 Å². The van der Waals surface area contributed by atoms with Gasteiger partial charge < -0.3 is 9.73 Å². The van der Waals surface area contributed by atoms with E-state index in [0.29, 0.717) is 11.4 Å². The monoisotopic (exact) mass is 389 g/mol. The topological polar surface area (TPSA) is 69.2 Å². The van der Waals surface area contributed by atoms with Crippen LogP contribution in [0.15, 0.2) is 57.9 Å². The highest BCUT2D eigenvalue weighted by Gasteiger charge is 2.19. The fourth-order valence-corrected chi connectivity index (χ4v) is 3.83. The summed E-state index contributed by atoms with van der Waals surface area (Å²) in [7, 11) is 1.80. The van der Waals surface area contributed by atoms with Gasteiger partial charge in [0.15, 0.2) is 0 Å². The molecule has 0 bridgehead atoms. The predicted octanol–water partition coefficient (Wildman–Crippen LogP) is 4.03. The van der Waals surface area contributed by atoms with Crippen molar-refractivity contribution in [3.8, 4) is 5.69 Å². The van der Waals surface area contributed by atoms with Crippen molar-refractivity contribution in [1.82, 2.24) is 9.36 Å². The van der Waals surface area contributed by atoms with Gasteiger partial charge in [0.05, 0.1) is 24.1 Å². The maximum absolute atomic E-state index is 13.0. The summed E-state index contributed by atoms with van der Waals surface area (Å²) in [6.07, 6.45) is 1.76. The van der Waals surface area contributed by atoms with Crippen LogP contribution < -0.4 is 10.9 Å². The molecule has 2 aromatic carbocycles. The molecule has 1 amide bonds. The molecule has 0 aliphatic rings. The van der Waals surface area contributed by atoms with Gasteiger partial charge in [0.25, 0.3) is 5.56 Å². The summed E-state index contributed by atoms with van der Waals surface area (Å²) in [5.74, 6) is -0.251. The van der Waals surface area contributed by atoms with Crippen LogP contribution in [0, 0.1) is 20.8 Å². The molecule has 4 rings (SSSR count). The molecule has 2 aromatic heterocycles. The maximum Gasteiger partial charge on any atom is 0.295 e. The number of hydrogen-bond acceptors (Lipinski definition) is 3. The lowest BCUT2D eigenvalue weighted by molar-refractivity contribution is -0.115. The minimum absolute atomic E-state index is 0.135. The van der Waals surface area contributed by atoms with Crippen LogP contribution in [-0.4, -0.2) is 15.3 Å². The first kappa shape index (κ1) is 18.8. The average molecular weight is 389 g/mol. The number of hydrogen-bond donors (Lipinski definition) is 1. The Bertz CT molecular complexity index is 1280. The zero-order chi connectivity index (χ0) is 20.7. The summed E-state index contributed by atoms with van der Waals surface area (Å²) in [5.41, 5.74) is 5.24. The zero-order valence-electron chi connectivity index (χ0n) is 16.9. The van der Waals surface area contributed by atoms with Crippen molar-refractivity contribution in [1.29, 1.82) is 0 Å². The highest BCUT2D eigenvalue weighted by molar-refractivity contribution is 5.96. The van der Waals surface area contributed by atoms with Crippen LogP contribution in [0.5, 0.6) is 0 Å². The molecule has 1 N–H and O–H groups in total. The molecule has 0 radical (unpaired) electrons. The first-order valence-electron chi connectivity index (χ1n) is 9.48. The Balaban J connectivity index is 1.64.